The van der Waals surface area contributed by atoms with Gasteiger partial charge in [-0.2, -0.15) is 0 Å². The standard InChI is InChI=1S/C14H14Cl2N2O2/c1-2-18(8-10-4-3-5-20-10)14(19)9-6-11(15)13(17)12(16)7-9/h3-7H,2,8,17H2,1H3. The molecule has 0 saturated heterocycles. The summed E-state index contributed by atoms with van der Waals surface area (Å²) >= 11 is 11.9. The third-order valence-electron chi connectivity index (χ3n) is 2.92. The van der Waals surface area contributed by atoms with E-state index in [1.165, 1.54) is 12.1 Å². The molecule has 106 valence electrons. The monoisotopic (exact) mass is 312 g/mol. The summed E-state index contributed by atoms with van der Waals surface area (Å²) in [4.78, 5) is 14.1. The third kappa shape index (κ3) is 3.08. The van der Waals surface area contributed by atoms with Crippen LogP contribution in [0.2, 0.25) is 10.0 Å². The molecule has 1 heterocycles. The van der Waals surface area contributed by atoms with Crippen LogP contribution in [0.3, 0.4) is 0 Å². The normalized spacial score (nSPS) is 10.6. The van der Waals surface area contributed by atoms with Crippen molar-refractivity contribution in [2.75, 3.05) is 12.3 Å². The largest absolute Gasteiger partial charge is 0.467 e. The van der Waals surface area contributed by atoms with E-state index in [2.05, 4.69) is 0 Å². The van der Waals surface area contributed by atoms with Crippen molar-refractivity contribution in [3.63, 3.8) is 0 Å². The molecule has 0 bridgehead atoms. The SMILES string of the molecule is CCN(Cc1ccco1)C(=O)c1cc(Cl)c(N)c(Cl)c1. The van der Waals surface area contributed by atoms with E-state index >= 15 is 0 Å². The lowest BCUT2D eigenvalue weighted by atomic mass is 10.1. The van der Waals surface area contributed by atoms with Gasteiger partial charge in [-0.05, 0) is 31.2 Å². The first kappa shape index (κ1) is 14.8. The molecule has 4 nitrogen and oxygen atoms in total. The Morgan fingerprint density at radius 1 is 1.35 bits per heavy atom. The van der Waals surface area contributed by atoms with Crippen molar-refractivity contribution >= 4 is 34.8 Å². The van der Waals surface area contributed by atoms with Crippen LogP contribution in [0.1, 0.15) is 23.0 Å². The van der Waals surface area contributed by atoms with Gasteiger partial charge in [0.05, 0.1) is 28.5 Å². The summed E-state index contributed by atoms with van der Waals surface area (Å²) in [6.07, 6.45) is 1.57. The zero-order chi connectivity index (χ0) is 14.7. The average molecular weight is 313 g/mol. The number of hydrogen-bond donors (Lipinski definition) is 1. The number of anilines is 1. The summed E-state index contributed by atoms with van der Waals surface area (Å²) in [5, 5.41) is 0.546. The first-order valence-electron chi connectivity index (χ1n) is 6.09. The molecule has 1 amide bonds. The minimum absolute atomic E-state index is 0.173. The summed E-state index contributed by atoms with van der Waals surface area (Å²) in [6.45, 7) is 2.82. The first-order chi connectivity index (χ1) is 9.52. The van der Waals surface area contributed by atoms with Crippen LogP contribution < -0.4 is 5.73 Å². The van der Waals surface area contributed by atoms with Gasteiger partial charge in [-0.25, -0.2) is 0 Å². The van der Waals surface area contributed by atoms with Gasteiger partial charge in [-0.15, -0.1) is 0 Å². The number of carbonyl (C=O) groups excluding carboxylic acids is 1. The number of rotatable bonds is 4. The number of nitrogens with zero attached hydrogens (tertiary/aromatic N) is 1. The number of hydrogen-bond acceptors (Lipinski definition) is 3. The van der Waals surface area contributed by atoms with Gasteiger partial charge in [0, 0.05) is 12.1 Å². The molecule has 0 fully saturated rings. The molecular formula is C14H14Cl2N2O2. The molecule has 0 radical (unpaired) electrons. The summed E-state index contributed by atoms with van der Waals surface area (Å²) < 4.78 is 5.25. The predicted octanol–water partition coefficient (Wildman–Crippen LogP) is 3.83. The van der Waals surface area contributed by atoms with Crippen LogP contribution >= 0.6 is 23.2 Å². The molecule has 2 aromatic rings. The van der Waals surface area contributed by atoms with Gasteiger partial charge >= 0.3 is 0 Å². The first-order valence-corrected chi connectivity index (χ1v) is 6.84. The van der Waals surface area contributed by atoms with Crippen LogP contribution in [-0.4, -0.2) is 17.4 Å². The summed E-state index contributed by atoms with van der Waals surface area (Å²) in [7, 11) is 0. The third-order valence-corrected chi connectivity index (χ3v) is 3.55. The van der Waals surface area contributed by atoms with Crippen molar-refractivity contribution in [2.45, 2.75) is 13.5 Å². The highest BCUT2D eigenvalue weighted by Gasteiger charge is 2.18. The van der Waals surface area contributed by atoms with E-state index in [9.17, 15) is 4.79 Å². The molecule has 1 aromatic carbocycles. The summed E-state index contributed by atoms with van der Waals surface area (Å²) in [5.74, 6) is 0.542. The number of furan rings is 1. The number of nitrogens with two attached hydrogens (primary N) is 1. The van der Waals surface area contributed by atoms with Gasteiger partial charge in [0.2, 0.25) is 0 Å². The highest BCUT2D eigenvalue weighted by Crippen LogP contribution is 2.29. The smallest absolute Gasteiger partial charge is 0.254 e. The maximum Gasteiger partial charge on any atom is 0.254 e. The molecule has 0 atom stereocenters. The van der Waals surface area contributed by atoms with Gasteiger partial charge in [0.15, 0.2) is 0 Å². The van der Waals surface area contributed by atoms with Gasteiger partial charge in [0.25, 0.3) is 5.91 Å². The van der Waals surface area contributed by atoms with E-state index in [1.54, 1.807) is 17.2 Å². The lowest BCUT2D eigenvalue weighted by Gasteiger charge is -2.20. The maximum absolute atomic E-state index is 12.4. The fraction of sp³-hybridized carbons (Fsp3) is 0.214. The minimum atomic E-state index is -0.173. The number of carbonyl (C=O) groups is 1. The van der Waals surface area contributed by atoms with Crippen LogP contribution in [0.5, 0.6) is 0 Å². The van der Waals surface area contributed by atoms with Crippen molar-refractivity contribution in [2.24, 2.45) is 0 Å². The Hall–Kier alpha value is -1.65. The van der Waals surface area contributed by atoms with Crippen molar-refractivity contribution in [3.8, 4) is 0 Å². The minimum Gasteiger partial charge on any atom is -0.467 e. The van der Waals surface area contributed by atoms with E-state index in [0.29, 0.717) is 24.4 Å². The van der Waals surface area contributed by atoms with Crippen molar-refractivity contribution in [1.29, 1.82) is 0 Å². The number of nitrogen functional groups attached to an aromatic ring is 1. The highest BCUT2D eigenvalue weighted by atomic mass is 35.5. The Morgan fingerprint density at radius 3 is 2.50 bits per heavy atom. The number of benzene rings is 1. The van der Waals surface area contributed by atoms with E-state index in [1.807, 2.05) is 13.0 Å². The maximum atomic E-state index is 12.4. The molecule has 2 rings (SSSR count). The van der Waals surface area contributed by atoms with Crippen molar-refractivity contribution in [1.82, 2.24) is 4.90 Å². The molecule has 1 aromatic heterocycles. The van der Waals surface area contributed by atoms with Crippen molar-refractivity contribution in [3.05, 3.63) is 51.9 Å². The van der Waals surface area contributed by atoms with Crippen LogP contribution in [0.15, 0.2) is 34.9 Å². The van der Waals surface area contributed by atoms with E-state index in [4.69, 9.17) is 33.4 Å². The molecule has 0 saturated carbocycles. The van der Waals surface area contributed by atoms with E-state index < -0.39 is 0 Å². The van der Waals surface area contributed by atoms with Crippen LogP contribution in [0.4, 0.5) is 5.69 Å². The second-order valence-electron chi connectivity index (χ2n) is 4.25. The van der Waals surface area contributed by atoms with Gasteiger partial charge in [0.1, 0.15) is 5.76 Å². The van der Waals surface area contributed by atoms with Gasteiger partial charge < -0.3 is 15.1 Å². The molecule has 0 spiro atoms. The van der Waals surface area contributed by atoms with Gasteiger partial charge in [-0.3, -0.25) is 4.79 Å². The van der Waals surface area contributed by atoms with Crippen molar-refractivity contribution < 1.29 is 9.21 Å². The quantitative estimate of drug-likeness (QED) is 0.873. The molecular weight excluding hydrogens is 299 g/mol. The molecule has 0 aliphatic heterocycles. The number of amides is 1. The molecule has 0 aliphatic rings. The zero-order valence-corrected chi connectivity index (χ0v) is 12.4. The second-order valence-corrected chi connectivity index (χ2v) is 5.07. The summed E-state index contributed by atoms with van der Waals surface area (Å²) in [6, 6.07) is 6.65. The van der Waals surface area contributed by atoms with Crippen LogP contribution in [-0.2, 0) is 6.54 Å². The molecule has 2 N–H and O–H groups in total. The summed E-state index contributed by atoms with van der Waals surface area (Å²) in [5.41, 5.74) is 6.35. The van der Waals surface area contributed by atoms with E-state index in [-0.39, 0.29) is 21.6 Å². The molecule has 6 heteroatoms. The fourth-order valence-corrected chi connectivity index (χ4v) is 2.30. The fourth-order valence-electron chi connectivity index (χ4n) is 1.81. The average Bonchev–Trinajstić information content (AvgIpc) is 2.93. The number of halogens is 2. The predicted molar refractivity (Wildman–Crippen MR) is 80.0 cm³/mol. The molecule has 0 unspecified atom stereocenters. The highest BCUT2D eigenvalue weighted by molar-refractivity contribution is 6.39. The second kappa shape index (κ2) is 6.20. The Kier molecular flexibility index (Phi) is 4.57. The topological polar surface area (TPSA) is 59.5 Å². The Labute approximate surface area is 127 Å². The lowest BCUT2D eigenvalue weighted by Crippen LogP contribution is -2.30. The van der Waals surface area contributed by atoms with Crippen LogP contribution in [0, 0.1) is 0 Å². The van der Waals surface area contributed by atoms with Crippen LogP contribution in [0.25, 0.3) is 0 Å². The Bertz CT molecular complexity index is 589. The Balaban J connectivity index is 2.24. The van der Waals surface area contributed by atoms with Gasteiger partial charge in [-0.1, -0.05) is 23.2 Å². The zero-order valence-electron chi connectivity index (χ0n) is 10.9. The lowest BCUT2D eigenvalue weighted by molar-refractivity contribution is 0.0741. The Morgan fingerprint density at radius 2 is 2.00 bits per heavy atom. The van der Waals surface area contributed by atoms with E-state index in [0.717, 1.165) is 0 Å². The molecule has 0 aliphatic carbocycles. The molecule has 20 heavy (non-hydrogen) atoms.